The van der Waals surface area contributed by atoms with E-state index in [-0.39, 0.29) is 5.75 Å². The van der Waals surface area contributed by atoms with Crippen LogP contribution in [0.1, 0.15) is 258 Å². The minimum absolute atomic E-state index is 0.0376. The quantitative estimate of drug-likeness (QED) is 0.0384. The first-order chi connectivity index (χ1) is 24.4. The minimum atomic E-state index is -3.87. The van der Waals surface area contributed by atoms with Crippen LogP contribution in [0.25, 0.3) is 0 Å². The Morgan fingerprint density at radius 3 is 0.680 bits per heavy atom. The summed E-state index contributed by atoms with van der Waals surface area (Å²) in [7, 11) is -5.07. The van der Waals surface area contributed by atoms with Gasteiger partial charge in [0.05, 0.1) is 30.4 Å². The van der Waals surface area contributed by atoms with Gasteiger partial charge in [0, 0.05) is 7.26 Å². The Bertz CT molecular complexity index is 686. The lowest BCUT2D eigenvalue weighted by molar-refractivity contribution is 0.482. The van der Waals surface area contributed by atoms with Crippen LogP contribution in [0.3, 0.4) is 0 Å². The molecule has 0 saturated heterocycles. The van der Waals surface area contributed by atoms with Crippen LogP contribution >= 0.6 is 7.26 Å². The van der Waals surface area contributed by atoms with Crippen molar-refractivity contribution in [3.63, 3.8) is 0 Å². The second kappa shape index (κ2) is 39.0. The van der Waals surface area contributed by atoms with Crippen molar-refractivity contribution in [3.05, 3.63) is 0 Å². The summed E-state index contributed by atoms with van der Waals surface area (Å²) in [5.41, 5.74) is 0. The van der Waals surface area contributed by atoms with E-state index in [9.17, 15) is 13.0 Å². The predicted octanol–water partition coefficient (Wildman–Crippen LogP) is 16.4. The maximum atomic E-state index is 11.7. The van der Waals surface area contributed by atoms with Crippen molar-refractivity contribution < 1.29 is 13.0 Å². The molecule has 0 radical (unpaired) electrons. The summed E-state index contributed by atoms with van der Waals surface area (Å²) in [4.78, 5) is 0. The second-order valence-electron chi connectivity index (χ2n) is 16.5. The van der Waals surface area contributed by atoms with E-state index in [1.807, 2.05) is 0 Å². The lowest BCUT2D eigenvalue weighted by atomic mass is 10.1. The largest absolute Gasteiger partial charge is 0.286 e. The molecule has 0 aromatic rings. The standard InChI is InChI=1S/C45H93O3PS/c1-4-7-10-13-16-19-22-25-28-31-34-37-41-49(44-40-45-50(46,47)48,42-38-35-32-29-26-23-20-17-14-11-8-5-2)43-39-36-33-30-27-24-21-18-15-12-9-6-3/h4-45H2,1-3H3/p+1. The molecule has 0 aliphatic heterocycles. The van der Waals surface area contributed by atoms with Crippen molar-refractivity contribution in [1.29, 1.82) is 0 Å². The third-order valence-electron chi connectivity index (χ3n) is 11.5. The molecule has 0 unspecified atom stereocenters. The van der Waals surface area contributed by atoms with Gasteiger partial charge >= 0.3 is 0 Å². The number of hydrogen-bond acceptors (Lipinski definition) is 2. The maximum absolute atomic E-state index is 11.7. The summed E-state index contributed by atoms with van der Waals surface area (Å²) in [6, 6.07) is 0. The maximum Gasteiger partial charge on any atom is 0.264 e. The normalized spacial score (nSPS) is 12.3. The fourth-order valence-electron chi connectivity index (χ4n) is 8.12. The molecule has 0 amide bonds. The zero-order valence-electron chi connectivity index (χ0n) is 34.8. The first-order valence-corrected chi connectivity index (χ1v) is 27.3. The van der Waals surface area contributed by atoms with Gasteiger partial charge in [-0.15, -0.1) is 0 Å². The molecule has 0 aromatic carbocycles. The fourth-order valence-corrected chi connectivity index (χ4v) is 13.7. The Balaban J connectivity index is 4.76. The molecular weight excluding hydrogens is 652 g/mol. The van der Waals surface area contributed by atoms with Gasteiger partial charge in [-0.25, -0.2) is 0 Å². The van der Waals surface area contributed by atoms with Crippen LogP contribution in [0.2, 0.25) is 0 Å². The van der Waals surface area contributed by atoms with Gasteiger partial charge in [-0.3, -0.25) is 4.55 Å². The lowest BCUT2D eigenvalue weighted by Crippen LogP contribution is -2.16. The van der Waals surface area contributed by atoms with E-state index in [1.165, 1.54) is 250 Å². The molecule has 302 valence electrons. The molecule has 0 fully saturated rings. The Hall–Kier alpha value is 0.340. The first-order valence-electron chi connectivity index (χ1n) is 23.2. The van der Waals surface area contributed by atoms with Crippen molar-refractivity contribution >= 4 is 17.4 Å². The molecule has 0 aliphatic rings. The molecule has 0 spiro atoms. The molecule has 50 heavy (non-hydrogen) atoms. The summed E-state index contributed by atoms with van der Waals surface area (Å²) in [5.74, 6) is -0.0376. The third kappa shape index (κ3) is 38.1. The molecule has 0 bridgehead atoms. The zero-order valence-corrected chi connectivity index (χ0v) is 36.5. The number of rotatable bonds is 43. The van der Waals surface area contributed by atoms with E-state index in [1.54, 1.807) is 0 Å². The predicted molar refractivity (Wildman–Crippen MR) is 231 cm³/mol. The highest BCUT2D eigenvalue weighted by Gasteiger charge is 2.35. The van der Waals surface area contributed by atoms with E-state index < -0.39 is 17.4 Å². The minimum Gasteiger partial charge on any atom is -0.286 e. The number of unbranched alkanes of at least 4 members (excludes halogenated alkanes) is 33. The van der Waals surface area contributed by atoms with Gasteiger partial charge < -0.3 is 0 Å². The van der Waals surface area contributed by atoms with E-state index in [4.69, 9.17) is 0 Å². The average molecular weight is 746 g/mol. The van der Waals surface area contributed by atoms with Crippen LogP contribution in [0.4, 0.5) is 0 Å². The van der Waals surface area contributed by atoms with E-state index >= 15 is 0 Å². The third-order valence-corrected chi connectivity index (χ3v) is 17.4. The molecule has 0 saturated carbocycles. The molecule has 0 rings (SSSR count). The molecule has 5 heteroatoms. The Morgan fingerprint density at radius 2 is 0.480 bits per heavy atom. The van der Waals surface area contributed by atoms with E-state index in [0.29, 0.717) is 6.42 Å². The van der Waals surface area contributed by atoms with E-state index in [2.05, 4.69) is 20.8 Å². The van der Waals surface area contributed by atoms with Gasteiger partial charge in [0.2, 0.25) is 0 Å². The zero-order chi connectivity index (χ0) is 36.7. The van der Waals surface area contributed by atoms with Gasteiger partial charge in [0.1, 0.15) is 0 Å². The Kier molecular flexibility index (Phi) is 39.3. The average Bonchev–Trinajstić information content (AvgIpc) is 3.09. The molecule has 3 nitrogen and oxygen atoms in total. The van der Waals surface area contributed by atoms with Crippen LogP contribution in [-0.2, 0) is 10.1 Å². The molecule has 0 atom stereocenters. The highest BCUT2D eigenvalue weighted by molar-refractivity contribution is 7.85. The second-order valence-corrected chi connectivity index (χ2v) is 22.6. The molecule has 0 aromatic heterocycles. The van der Waals surface area contributed by atoms with Crippen molar-refractivity contribution in [3.8, 4) is 0 Å². The topological polar surface area (TPSA) is 54.4 Å². The van der Waals surface area contributed by atoms with Gasteiger partial charge in [0.15, 0.2) is 0 Å². The van der Waals surface area contributed by atoms with Gasteiger partial charge in [-0.2, -0.15) is 8.42 Å². The highest BCUT2D eigenvalue weighted by Crippen LogP contribution is 2.61. The van der Waals surface area contributed by atoms with Crippen LogP contribution in [-0.4, -0.2) is 43.4 Å². The van der Waals surface area contributed by atoms with Crippen LogP contribution < -0.4 is 0 Å². The molecule has 1 N–H and O–H groups in total. The smallest absolute Gasteiger partial charge is 0.264 e. The van der Waals surface area contributed by atoms with E-state index in [0.717, 1.165) is 6.16 Å². The fraction of sp³-hybridized carbons (Fsp3) is 1.00. The Labute approximate surface area is 318 Å². The Morgan fingerprint density at radius 1 is 0.300 bits per heavy atom. The van der Waals surface area contributed by atoms with Crippen molar-refractivity contribution in [1.82, 2.24) is 0 Å². The van der Waals surface area contributed by atoms with Crippen LogP contribution in [0.15, 0.2) is 0 Å². The van der Waals surface area contributed by atoms with Crippen molar-refractivity contribution in [2.75, 3.05) is 30.4 Å². The summed E-state index contributed by atoms with van der Waals surface area (Å²) < 4.78 is 33.0. The van der Waals surface area contributed by atoms with Crippen molar-refractivity contribution in [2.24, 2.45) is 0 Å². The summed E-state index contributed by atoms with van der Waals surface area (Å²) >= 11 is 0. The first kappa shape index (κ1) is 50.3. The SMILES string of the molecule is CCCCCCCCCCCCCC[P+](CCCCCCCCCCCCCC)(CCCCCCCCCCCCCC)CCCS(=O)(=O)O. The summed E-state index contributed by atoms with van der Waals surface area (Å²) in [6.07, 6.45) is 56.0. The summed E-state index contributed by atoms with van der Waals surface area (Å²) in [5, 5.41) is 0. The monoisotopic (exact) mass is 746 g/mol. The molecule has 0 heterocycles. The van der Waals surface area contributed by atoms with Crippen LogP contribution in [0.5, 0.6) is 0 Å². The number of hydrogen-bond donors (Lipinski definition) is 1. The van der Waals surface area contributed by atoms with Gasteiger partial charge in [0.25, 0.3) is 10.1 Å². The lowest BCUT2D eigenvalue weighted by Gasteiger charge is -2.28. The van der Waals surface area contributed by atoms with Gasteiger partial charge in [-0.05, 0) is 44.9 Å². The molecular formula is C45H94O3PS+. The van der Waals surface area contributed by atoms with Crippen molar-refractivity contribution in [2.45, 2.75) is 258 Å². The molecule has 0 aliphatic carbocycles. The van der Waals surface area contributed by atoms with Gasteiger partial charge in [-0.1, -0.05) is 213 Å². The highest BCUT2D eigenvalue weighted by atomic mass is 32.2. The summed E-state index contributed by atoms with van der Waals surface area (Å²) in [6.45, 7) is 6.89. The van der Waals surface area contributed by atoms with Crippen LogP contribution in [0, 0.1) is 0 Å².